The second-order valence-electron chi connectivity index (χ2n) is 8.58. The highest BCUT2D eigenvalue weighted by Gasteiger charge is 2.20. The Bertz CT molecular complexity index is 1280. The first-order chi connectivity index (χ1) is 17.5. The summed E-state index contributed by atoms with van der Waals surface area (Å²) in [4.78, 5) is 18.8. The summed E-state index contributed by atoms with van der Waals surface area (Å²) in [6.07, 6.45) is 3.45. The van der Waals surface area contributed by atoms with E-state index >= 15 is 0 Å². The molecule has 0 radical (unpaired) electrons. The number of pyridine rings is 1. The molecule has 4 aromatic rings. The molecule has 0 amide bonds. The van der Waals surface area contributed by atoms with Crippen molar-refractivity contribution in [1.82, 2.24) is 24.7 Å². The smallest absolute Gasteiger partial charge is 0.226 e. The standard InChI is InChI=1S/C27H35N7O2/c1-7-33(8-2)25-21(14-24-19(4)31-32(5)26(24)30-25)18-34(17-20-10-12-22(35-6)13-11-20)27-28-15-23(16-29-27)36-9-3/h10-16H,7-9,17-18H2,1-6H3. The average molecular weight is 490 g/mol. The number of hydrogen-bond donors (Lipinski definition) is 0. The SMILES string of the molecule is CCOc1cnc(N(Cc2ccc(OC)cc2)Cc2cc3c(C)nn(C)c3nc2N(CC)CC)nc1. The van der Waals surface area contributed by atoms with E-state index in [1.54, 1.807) is 19.5 Å². The molecule has 9 nitrogen and oxygen atoms in total. The van der Waals surface area contributed by atoms with Crippen LogP contribution in [-0.2, 0) is 20.1 Å². The summed E-state index contributed by atoms with van der Waals surface area (Å²) in [6.45, 7) is 11.8. The Hall–Kier alpha value is -3.88. The quantitative estimate of drug-likeness (QED) is 0.304. The van der Waals surface area contributed by atoms with Gasteiger partial charge < -0.3 is 19.3 Å². The molecule has 4 rings (SSSR count). The van der Waals surface area contributed by atoms with Gasteiger partial charge in [-0.2, -0.15) is 5.10 Å². The van der Waals surface area contributed by atoms with E-state index in [1.165, 1.54) is 0 Å². The van der Waals surface area contributed by atoms with Gasteiger partial charge in [-0.1, -0.05) is 12.1 Å². The van der Waals surface area contributed by atoms with Crippen LogP contribution in [0.3, 0.4) is 0 Å². The van der Waals surface area contributed by atoms with Crippen LogP contribution >= 0.6 is 0 Å². The Kier molecular flexibility index (Phi) is 7.87. The number of nitrogens with zero attached hydrogens (tertiary/aromatic N) is 7. The van der Waals surface area contributed by atoms with Crippen molar-refractivity contribution in [3.8, 4) is 11.5 Å². The van der Waals surface area contributed by atoms with E-state index in [0.29, 0.717) is 31.4 Å². The van der Waals surface area contributed by atoms with Crippen LogP contribution in [0.4, 0.5) is 11.8 Å². The predicted octanol–water partition coefficient (Wildman–Crippen LogP) is 4.53. The first kappa shape index (κ1) is 25.2. The number of aromatic nitrogens is 5. The van der Waals surface area contributed by atoms with E-state index in [1.807, 2.05) is 37.7 Å². The number of ether oxygens (including phenoxy) is 2. The molecular formula is C27H35N7O2. The maximum atomic E-state index is 5.56. The summed E-state index contributed by atoms with van der Waals surface area (Å²) in [7, 11) is 3.62. The predicted molar refractivity (Wildman–Crippen MR) is 143 cm³/mol. The molecule has 0 aliphatic heterocycles. The molecule has 0 atom stereocenters. The van der Waals surface area contributed by atoms with Crippen molar-refractivity contribution < 1.29 is 9.47 Å². The third-order valence-corrected chi connectivity index (χ3v) is 6.22. The second-order valence-corrected chi connectivity index (χ2v) is 8.58. The van der Waals surface area contributed by atoms with Gasteiger partial charge in [-0.25, -0.2) is 15.0 Å². The minimum Gasteiger partial charge on any atom is -0.497 e. The average Bonchev–Trinajstić information content (AvgIpc) is 3.17. The molecule has 0 aliphatic carbocycles. The van der Waals surface area contributed by atoms with Crippen LogP contribution in [0.1, 0.15) is 37.6 Å². The fourth-order valence-corrected chi connectivity index (χ4v) is 4.36. The van der Waals surface area contributed by atoms with E-state index in [-0.39, 0.29) is 0 Å². The third-order valence-electron chi connectivity index (χ3n) is 6.22. The molecule has 190 valence electrons. The third kappa shape index (κ3) is 5.35. The summed E-state index contributed by atoms with van der Waals surface area (Å²) >= 11 is 0. The van der Waals surface area contributed by atoms with Gasteiger partial charge in [-0.05, 0) is 51.5 Å². The summed E-state index contributed by atoms with van der Waals surface area (Å²) in [5.74, 6) is 3.07. The molecule has 36 heavy (non-hydrogen) atoms. The number of rotatable bonds is 11. The molecule has 0 bridgehead atoms. The summed E-state index contributed by atoms with van der Waals surface area (Å²) < 4.78 is 12.8. The molecule has 0 aliphatic rings. The molecule has 0 unspecified atom stereocenters. The molecule has 3 aromatic heterocycles. The van der Waals surface area contributed by atoms with Crippen LogP contribution in [0.15, 0.2) is 42.7 Å². The van der Waals surface area contributed by atoms with Crippen LogP contribution < -0.4 is 19.3 Å². The van der Waals surface area contributed by atoms with E-state index < -0.39 is 0 Å². The Balaban J connectivity index is 1.77. The molecule has 0 fully saturated rings. The van der Waals surface area contributed by atoms with Crippen LogP contribution in [0.25, 0.3) is 11.0 Å². The highest BCUT2D eigenvalue weighted by Crippen LogP contribution is 2.28. The maximum Gasteiger partial charge on any atom is 0.226 e. The minimum absolute atomic E-state index is 0.571. The van der Waals surface area contributed by atoms with E-state index in [4.69, 9.17) is 14.5 Å². The van der Waals surface area contributed by atoms with Gasteiger partial charge in [0.05, 0.1) is 31.8 Å². The van der Waals surface area contributed by atoms with Crippen molar-refractivity contribution in [3.05, 3.63) is 59.5 Å². The summed E-state index contributed by atoms with van der Waals surface area (Å²) in [5.41, 5.74) is 4.08. The van der Waals surface area contributed by atoms with E-state index in [0.717, 1.165) is 52.5 Å². The van der Waals surface area contributed by atoms with Gasteiger partial charge in [0.25, 0.3) is 0 Å². The van der Waals surface area contributed by atoms with Crippen molar-refractivity contribution in [2.75, 3.05) is 36.6 Å². The highest BCUT2D eigenvalue weighted by molar-refractivity contribution is 5.81. The van der Waals surface area contributed by atoms with Crippen LogP contribution in [0.5, 0.6) is 11.5 Å². The lowest BCUT2D eigenvalue weighted by Gasteiger charge is -2.27. The largest absolute Gasteiger partial charge is 0.497 e. The fraction of sp³-hybridized carbons (Fsp3) is 0.407. The second kappa shape index (κ2) is 11.2. The summed E-state index contributed by atoms with van der Waals surface area (Å²) in [6, 6.07) is 10.3. The van der Waals surface area contributed by atoms with Gasteiger partial charge in [-0.3, -0.25) is 4.68 Å². The zero-order valence-corrected chi connectivity index (χ0v) is 22.0. The van der Waals surface area contributed by atoms with Crippen molar-refractivity contribution in [2.45, 2.75) is 40.8 Å². The normalized spacial score (nSPS) is 11.1. The number of anilines is 2. The molecule has 0 saturated heterocycles. The molecule has 3 heterocycles. The van der Waals surface area contributed by atoms with Crippen molar-refractivity contribution in [2.24, 2.45) is 7.05 Å². The number of benzene rings is 1. The first-order valence-electron chi connectivity index (χ1n) is 12.4. The lowest BCUT2D eigenvalue weighted by molar-refractivity contribution is 0.337. The van der Waals surface area contributed by atoms with Crippen molar-refractivity contribution in [1.29, 1.82) is 0 Å². The zero-order valence-electron chi connectivity index (χ0n) is 22.0. The first-order valence-corrected chi connectivity index (χ1v) is 12.4. The summed E-state index contributed by atoms with van der Waals surface area (Å²) in [5, 5.41) is 5.66. The van der Waals surface area contributed by atoms with Crippen molar-refractivity contribution >= 4 is 22.8 Å². The van der Waals surface area contributed by atoms with Gasteiger partial charge in [0, 0.05) is 44.2 Å². The monoisotopic (exact) mass is 489 g/mol. The number of hydrogen-bond acceptors (Lipinski definition) is 8. The molecule has 9 heteroatoms. The number of methoxy groups -OCH3 is 1. The van der Waals surface area contributed by atoms with E-state index in [2.05, 4.69) is 56.9 Å². The molecule has 0 spiro atoms. The fourth-order valence-electron chi connectivity index (χ4n) is 4.36. The van der Waals surface area contributed by atoms with Crippen LogP contribution in [-0.4, -0.2) is 51.5 Å². The van der Waals surface area contributed by atoms with Gasteiger partial charge in [0.15, 0.2) is 11.4 Å². The Morgan fingerprint density at radius 3 is 2.22 bits per heavy atom. The van der Waals surface area contributed by atoms with Gasteiger partial charge in [0.2, 0.25) is 5.95 Å². The molecule has 0 saturated carbocycles. The van der Waals surface area contributed by atoms with Crippen LogP contribution in [0.2, 0.25) is 0 Å². The Labute approximate surface area is 212 Å². The Morgan fingerprint density at radius 2 is 1.61 bits per heavy atom. The van der Waals surface area contributed by atoms with Crippen LogP contribution in [0, 0.1) is 6.92 Å². The van der Waals surface area contributed by atoms with Gasteiger partial charge in [0.1, 0.15) is 11.6 Å². The lowest BCUT2D eigenvalue weighted by atomic mass is 10.1. The Morgan fingerprint density at radius 1 is 0.917 bits per heavy atom. The molecule has 1 aromatic carbocycles. The van der Waals surface area contributed by atoms with E-state index in [9.17, 15) is 0 Å². The lowest BCUT2D eigenvalue weighted by Crippen LogP contribution is -2.29. The number of aryl methyl sites for hydroxylation is 2. The maximum absolute atomic E-state index is 5.56. The molecule has 0 N–H and O–H groups in total. The van der Waals surface area contributed by atoms with Gasteiger partial charge >= 0.3 is 0 Å². The zero-order chi connectivity index (χ0) is 25.7. The molecular weight excluding hydrogens is 454 g/mol. The number of fused-ring (bicyclic) bond motifs is 1. The minimum atomic E-state index is 0.571. The van der Waals surface area contributed by atoms with Crippen molar-refractivity contribution in [3.63, 3.8) is 0 Å². The van der Waals surface area contributed by atoms with Gasteiger partial charge in [-0.15, -0.1) is 0 Å². The highest BCUT2D eigenvalue weighted by atomic mass is 16.5. The topological polar surface area (TPSA) is 81.4 Å².